The number of rotatable bonds is 6. The minimum absolute atomic E-state index is 0.162. The monoisotopic (exact) mass is 454 g/mol. The molecule has 2 aromatic carbocycles. The molecule has 1 unspecified atom stereocenters. The van der Waals surface area contributed by atoms with Gasteiger partial charge in [-0.1, -0.05) is 36.9 Å². The van der Waals surface area contributed by atoms with Gasteiger partial charge >= 0.3 is 0 Å². The van der Waals surface area contributed by atoms with Gasteiger partial charge in [-0.15, -0.1) is 0 Å². The van der Waals surface area contributed by atoms with E-state index in [9.17, 15) is 14.4 Å². The highest BCUT2D eigenvalue weighted by atomic mass is 16.2. The zero-order chi connectivity index (χ0) is 24.4. The first-order chi connectivity index (χ1) is 16.3. The van der Waals surface area contributed by atoms with Crippen LogP contribution in [0.5, 0.6) is 0 Å². The SMILES string of the molecule is C=CC(=O)Nc1c(C)[nH]c(/C=C2\C(=O)Nc3ccc(C(=O)NC(C)c4ccccc4)cc32)c1C. The highest BCUT2D eigenvalue weighted by molar-refractivity contribution is 6.35. The molecule has 1 aliphatic rings. The van der Waals surface area contributed by atoms with Crippen LogP contribution in [0.4, 0.5) is 11.4 Å². The zero-order valence-electron chi connectivity index (χ0n) is 19.3. The number of aryl methyl sites for hydroxylation is 1. The van der Waals surface area contributed by atoms with Gasteiger partial charge in [0.2, 0.25) is 5.91 Å². The Bertz CT molecular complexity index is 1340. The number of nitrogens with one attached hydrogen (secondary N) is 4. The third-order valence-corrected chi connectivity index (χ3v) is 5.91. The number of carbonyl (C=O) groups excluding carboxylic acids is 3. The Morgan fingerprint density at radius 1 is 1.09 bits per heavy atom. The van der Waals surface area contributed by atoms with Crippen LogP contribution in [0, 0.1) is 13.8 Å². The number of fused-ring (bicyclic) bond motifs is 1. The third kappa shape index (κ3) is 4.41. The van der Waals surface area contributed by atoms with Gasteiger partial charge in [0.1, 0.15) is 0 Å². The maximum absolute atomic E-state index is 12.9. The molecule has 0 radical (unpaired) electrons. The first-order valence-corrected chi connectivity index (χ1v) is 10.9. The van der Waals surface area contributed by atoms with Crippen LogP contribution in [-0.4, -0.2) is 22.7 Å². The minimum Gasteiger partial charge on any atom is -0.357 e. The normalized spacial score (nSPS) is 14.3. The van der Waals surface area contributed by atoms with Gasteiger partial charge in [0, 0.05) is 28.2 Å². The van der Waals surface area contributed by atoms with Crippen LogP contribution < -0.4 is 16.0 Å². The van der Waals surface area contributed by atoms with Crippen molar-refractivity contribution in [2.75, 3.05) is 10.6 Å². The molecular weight excluding hydrogens is 428 g/mol. The van der Waals surface area contributed by atoms with E-state index in [4.69, 9.17) is 0 Å². The smallest absolute Gasteiger partial charge is 0.256 e. The maximum Gasteiger partial charge on any atom is 0.256 e. The van der Waals surface area contributed by atoms with E-state index in [0.29, 0.717) is 33.8 Å². The molecule has 7 heteroatoms. The number of carbonyl (C=O) groups is 3. The third-order valence-electron chi connectivity index (χ3n) is 5.91. The number of H-pyrrole nitrogens is 1. The van der Waals surface area contributed by atoms with Crippen molar-refractivity contribution in [3.8, 4) is 0 Å². The van der Waals surface area contributed by atoms with Crippen LogP contribution in [0.2, 0.25) is 0 Å². The Kier molecular flexibility index (Phi) is 6.19. The maximum atomic E-state index is 12.9. The summed E-state index contributed by atoms with van der Waals surface area (Å²) in [5, 5.41) is 8.64. The lowest BCUT2D eigenvalue weighted by atomic mass is 10.0. The number of hydrogen-bond acceptors (Lipinski definition) is 3. The Morgan fingerprint density at radius 3 is 2.53 bits per heavy atom. The van der Waals surface area contributed by atoms with Crippen molar-refractivity contribution in [2.24, 2.45) is 0 Å². The second-order valence-electron chi connectivity index (χ2n) is 8.24. The van der Waals surface area contributed by atoms with Gasteiger partial charge < -0.3 is 20.9 Å². The Morgan fingerprint density at radius 2 is 1.82 bits per heavy atom. The van der Waals surface area contributed by atoms with E-state index < -0.39 is 0 Å². The number of aromatic amines is 1. The van der Waals surface area contributed by atoms with Gasteiger partial charge in [0.25, 0.3) is 11.8 Å². The summed E-state index contributed by atoms with van der Waals surface area (Å²) < 4.78 is 0. The van der Waals surface area contributed by atoms with Crippen LogP contribution in [-0.2, 0) is 9.59 Å². The zero-order valence-corrected chi connectivity index (χ0v) is 19.3. The fourth-order valence-electron chi connectivity index (χ4n) is 4.00. The Balaban J connectivity index is 1.63. The van der Waals surface area contributed by atoms with Crippen LogP contribution in [0.1, 0.15) is 51.4 Å². The predicted molar refractivity (Wildman–Crippen MR) is 134 cm³/mol. The number of anilines is 2. The van der Waals surface area contributed by atoms with Gasteiger partial charge in [0.15, 0.2) is 0 Å². The lowest BCUT2D eigenvalue weighted by Gasteiger charge is -2.14. The molecule has 0 bridgehead atoms. The molecule has 172 valence electrons. The molecule has 4 N–H and O–H groups in total. The van der Waals surface area contributed by atoms with Crippen molar-refractivity contribution in [3.05, 3.63) is 94.8 Å². The molecule has 0 saturated carbocycles. The fourth-order valence-corrected chi connectivity index (χ4v) is 4.00. The Labute approximate surface area is 198 Å². The van der Waals surface area contributed by atoms with E-state index in [1.54, 1.807) is 24.3 Å². The van der Waals surface area contributed by atoms with E-state index in [0.717, 1.165) is 16.8 Å². The van der Waals surface area contributed by atoms with E-state index in [2.05, 4.69) is 27.5 Å². The summed E-state index contributed by atoms with van der Waals surface area (Å²) >= 11 is 0. The molecule has 3 aromatic rings. The topological polar surface area (TPSA) is 103 Å². The standard InChI is InChI=1S/C27H26N4O3/c1-5-24(32)31-25-15(2)23(28-17(25)4)14-21-20-13-19(11-12-22(20)30-27(21)34)26(33)29-16(3)18-9-7-6-8-10-18/h5-14,16,28H,1H2,2-4H3,(H,29,33)(H,30,34)(H,31,32)/b21-14-. The van der Waals surface area contributed by atoms with Crippen LogP contribution >= 0.6 is 0 Å². The van der Waals surface area contributed by atoms with Crippen molar-refractivity contribution in [3.63, 3.8) is 0 Å². The molecular formula is C27H26N4O3. The van der Waals surface area contributed by atoms with E-state index in [-0.39, 0.29) is 23.8 Å². The number of aromatic nitrogens is 1. The molecule has 2 heterocycles. The van der Waals surface area contributed by atoms with Crippen LogP contribution in [0.3, 0.4) is 0 Å². The van der Waals surface area contributed by atoms with Crippen LogP contribution in [0.25, 0.3) is 11.6 Å². The Hall–Kier alpha value is -4.39. The second kappa shape index (κ2) is 9.23. The first kappa shape index (κ1) is 22.8. The molecule has 3 amide bonds. The van der Waals surface area contributed by atoms with Crippen molar-refractivity contribution in [1.82, 2.24) is 10.3 Å². The van der Waals surface area contributed by atoms with E-state index in [1.807, 2.05) is 51.1 Å². The summed E-state index contributed by atoms with van der Waals surface area (Å²) in [6, 6.07) is 14.7. The molecule has 1 aliphatic heterocycles. The quantitative estimate of drug-likeness (QED) is 0.405. The molecule has 7 nitrogen and oxygen atoms in total. The summed E-state index contributed by atoms with van der Waals surface area (Å²) in [6.07, 6.45) is 2.94. The van der Waals surface area contributed by atoms with Crippen molar-refractivity contribution in [2.45, 2.75) is 26.8 Å². The number of amides is 3. The molecule has 0 fully saturated rings. The summed E-state index contributed by atoms with van der Waals surface area (Å²) in [7, 11) is 0. The molecule has 0 aliphatic carbocycles. The van der Waals surface area contributed by atoms with E-state index >= 15 is 0 Å². The second-order valence-corrected chi connectivity index (χ2v) is 8.24. The molecule has 34 heavy (non-hydrogen) atoms. The van der Waals surface area contributed by atoms with E-state index in [1.165, 1.54) is 6.08 Å². The summed E-state index contributed by atoms with van der Waals surface area (Å²) in [4.78, 5) is 40.6. The highest BCUT2D eigenvalue weighted by Gasteiger charge is 2.26. The molecule has 1 aromatic heterocycles. The van der Waals surface area contributed by atoms with Gasteiger partial charge in [-0.2, -0.15) is 0 Å². The number of hydrogen-bond donors (Lipinski definition) is 4. The van der Waals surface area contributed by atoms with Gasteiger partial charge in [-0.25, -0.2) is 0 Å². The summed E-state index contributed by atoms with van der Waals surface area (Å²) in [5.41, 5.74) is 6.10. The average molecular weight is 455 g/mol. The fraction of sp³-hybridized carbons (Fsp3) is 0.148. The largest absolute Gasteiger partial charge is 0.357 e. The lowest BCUT2D eigenvalue weighted by Crippen LogP contribution is -2.26. The van der Waals surface area contributed by atoms with Crippen LogP contribution in [0.15, 0.2) is 61.2 Å². The van der Waals surface area contributed by atoms with Gasteiger partial charge in [-0.3, -0.25) is 14.4 Å². The summed E-state index contributed by atoms with van der Waals surface area (Å²) in [5.74, 6) is -0.790. The molecule has 1 atom stereocenters. The molecule has 0 spiro atoms. The van der Waals surface area contributed by atoms with Crippen molar-refractivity contribution >= 4 is 40.7 Å². The predicted octanol–water partition coefficient (Wildman–Crippen LogP) is 4.74. The lowest BCUT2D eigenvalue weighted by molar-refractivity contribution is -0.112. The molecule has 0 saturated heterocycles. The van der Waals surface area contributed by atoms with Gasteiger partial charge in [-0.05, 0) is 62.2 Å². The average Bonchev–Trinajstić information content (AvgIpc) is 3.29. The van der Waals surface area contributed by atoms with Crippen molar-refractivity contribution < 1.29 is 14.4 Å². The van der Waals surface area contributed by atoms with Crippen molar-refractivity contribution in [1.29, 1.82) is 0 Å². The van der Waals surface area contributed by atoms with Gasteiger partial charge in [0.05, 0.1) is 17.3 Å². The minimum atomic E-state index is -0.311. The first-order valence-electron chi connectivity index (χ1n) is 10.9. The molecule has 4 rings (SSSR count). The highest BCUT2D eigenvalue weighted by Crippen LogP contribution is 2.35. The number of benzene rings is 2. The summed E-state index contributed by atoms with van der Waals surface area (Å²) in [6.45, 7) is 9.10.